The van der Waals surface area contributed by atoms with Gasteiger partial charge in [-0.3, -0.25) is 4.79 Å². The molecule has 1 aliphatic heterocycles. The lowest BCUT2D eigenvalue weighted by Crippen LogP contribution is -2.51. The van der Waals surface area contributed by atoms with Crippen LogP contribution in [0.25, 0.3) is 0 Å². The van der Waals surface area contributed by atoms with Crippen molar-refractivity contribution in [2.45, 2.75) is 11.8 Å². The number of aryl methyl sites for hydroxylation is 1. The van der Waals surface area contributed by atoms with Gasteiger partial charge in [-0.05, 0) is 48.9 Å². The summed E-state index contributed by atoms with van der Waals surface area (Å²) in [6.45, 7) is 2.61. The first-order valence-electron chi connectivity index (χ1n) is 9.12. The van der Waals surface area contributed by atoms with Crippen LogP contribution in [-0.2, 0) is 14.8 Å². The van der Waals surface area contributed by atoms with E-state index in [1.807, 2.05) is 19.1 Å². The number of carbonyl (C=O) groups is 1. The summed E-state index contributed by atoms with van der Waals surface area (Å²) < 4.78 is 50.5. The van der Waals surface area contributed by atoms with E-state index in [9.17, 15) is 17.6 Å². The molecule has 156 valence electrons. The molecule has 7 nitrogen and oxygen atoms in total. The highest BCUT2D eigenvalue weighted by Crippen LogP contribution is 2.27. The average Bonchev–Trinajstić information content (AvgIpc) is 2.73. The van der Waals surface area contributed by atoms with E-state index in [0.29, 0.717) is 11.5 Å². The van der Waals surface area contributed by atoms with E-state index in [0.717, 1.165) is 17.7 Å². The molecule has 0 spiro atoms. The molecule has 0 N–H and O–H groups in total. The minimum Gasteiger partial charge on any atom is -0.493 e. The number of carbonyl (C=O) groups excluding carboxylic acids is 1. The van der Waals surface area contributed by atoms with Crippen LogP contribution in [0.5, 0.6) is 11.5 Å². The van der Waals surface area contributed by atoms with Gasteiger partial charge in [-0.1, -0.05) is 6.07 Å². The molecule has 2 aromatic carbocycles. The van der Waals surface area contributed by atoms with E-state index in [4.69, 9.17) is 9.47 Å². The van der Waals surface area contributed by atoms with Crippen LogP contribution >= 0.6 is 0 Å². The van der Waals surface area contributed by atoms with Crippen LogP contribution in [0.15, 0.2) is 47.4 Å². The fourth-order valence-electron chi connectivity index (χ4n) is 3.06. The average molecular weight is 422 g/mol. The molecule has 1 amide bonds. The van der Waals surface area contributed by atoms with E-state index in [1.165, 1.54) is 23.5 Å². The number of hydrogen-bond acceptors (Lipinski definition) is 5. The summed E-state index contributed by atoms with van der Waals surface area (Å²) in [5, 5.41) is 0. The van der Waals surface area contributed by atoms with E-state index in [1.54, 1.807) is 11.0 Å². The maximum absolute atomic E-state index is 13.0. The lowest BCUT2D eigenvalue weighted by atomic mass is 10.2. The normalized spacial score (nSPS) is 15.2. The van der Waals surface area contributed by atoms with Crippen molar-refractivity contribution in [1.29, 1.82) is 0 Å². The number of amides is 1. The Morgan fingerprint density at radius 3 is 2.31 bits per heavy atom. The number of methoxy groups -OCH3 is 1. The van der Waals surface area contributed by atoms with Crippen molar-refractivity contribution in [3.8, 4) is 11.5 Å². The molecule has 2 aromatic rings. The minimum atomic E-state index is -3.72. The number of rotatable bonds is 6. The quantitative estimate of drug-likeness (QED) is 0.712. The van der Waals surface area contributed by atoms with Gasteiger partial charge in [-0.15, -0.1) is 0 Å². The second-order valence-electron chi connectivity index (χ2n) is 6.68. The molecule has 29 heavy (non-hydrogen) atoms. The monoisotopic (exact) mass is 422 g/mol. The van der Waals surface area contributed by atoms with Crippen LogP contribution in [-0.4, -0.2) is 63.4 Å². The van der Waals surface area contributed by atoms with Gasteiger partial charge in [0.15, 0.2) is 18.1 Å². The van der Waals surface area contributed by atoms with Crippen LogP contribution < -0.4 is 9.47 Å². The molecule has 0 aliphatic carbocycles. The molecule has 0 saturated carbocycles. The van der Waals surface area contributed by atoms with Crippen molar-refractivity contribution >= 4 is 15.9 Å². The highest BCUT2D eigenvalue weighted by molar-refractivity contribution is 7.89. The second kappa shape index (κ2) is 8.79. The third-order valence-electron chi connectivity index (χ3n) is 4.71. The SMILES string of the molecule is COc1cc(C)ccc1OCC(=O)N1CCN(S(=O)(=O)c2ccc(F)cc2)CC1. The summed E-state index contributed by atoms with van der Waals surface area (Å²) in [6, 6.07) is 10.1. The molecule has 0 unspecified atom stereocenters. The summed E-state index contributed by atoms with van der Waals surface area (Å²) in [4.78, 5) is 14.1. The van der Waals surface area contributed by atoms with Crippen molar-refractivity contribution in [2.75, 3.05) is 39.9 Å². The fourth-order valence-corrected chi connectivity index (χ4v) is 4.48. The van der Waals surface area contributed by atoms with Gasteiger partial charge in [0.25, 0.3) is 5.91 Å². The first kappa shape index (κ1) is 21.1. The minimum absolute atomic E-state index is 0.0356. The highest BCUT2D eigenvalue weighted by atomic mass is 32.2. The molecule has 1 heterocycles. The van der Waals surface area contributed by atoms with Gasteiger partial charge in [-0.2, -0.15) is 4.31 Å². The number of ether oxygens (including phenoxy) is 2. The Labute approximate surface area is 169 Å². The Kier molecular flexibility index (Phi) is 6.39. The molecule has 1 aliphatic rings. The first-order valence-corrected chi connectivity index (χ1v) is 10.6. The molecule has 0 radical (unpaired) electrons. The Hall–Kier alpha value is -2.65. The van der Waals surface area contributed by atoms with Gasteiger partial charge in [0.1, 0.15) is 5.82 Å². The van der Waals surface area contributed by atoms with Gasteiger partial charge in [0.05, 0.1) is 12.0 Å². The van der Waals surface area contributed by atoms with E-state index in [2.05, 4.69) is 0 Å². The topological polar surface area (TPSA) is 76.2 Å². The van der Waals surface area contributed by atoms with Gasteiger partial charge in [-0.25, -0.2) is 12.8 Å². The maximum Gasteiger partial charge on any atom is 0.260 e. The van der Waals surface area contributed by atoms with Crippen LogP contribution in [0.1, 0.15) is 5.56 Å². The Balaban J connectivity index is 1.56. The standard InChI is InChI=1S/C20H23FN2O5S/c1-15-3-8-18(19(13-15)27-2)28-14-20(24)22-9-11-23(12-10-22)29(25,26)17-6-4-16(21)5-7-17/h3-8,13H,9-12,14H2,1-2H3. The molecular formula is C20H23FN2O5S. The third-order valence-corrected chi connectivity index (χ3v) is 6.63. The van der Waals surface area contributed by atoms with Gasteiger partial charge in [0, 0.05) is 26.2 Å². The van der Waals surface area contributed by atoms with Gasteiger partial charge < -0.3 is 14.4 Å². The molecule has 3 rings (SSSR count). The van der Waals surface area contributed by atoms with Crippen molar-refractivity contribution < 1.29 is 27.1 Å². The predicted octanol–water partition coefficient (Wildman–Crippen LogP) is 2.05. The van der Waals surface area contributed by atoms with Crippen LogP contribution in [0, 0.1) is 12.7 Å². The smallest absolute Gasteiger partial charge is 0.260 e. The number of hydrogen-bond donors (Lipinski definition) is 0. The van der Waals surface area contributed by atoms with Gasteiger partial charge in [0.2, 0.25) is 10.0 Å². The van der Waals surface area contributed by atoms with Crippen molar-refractivity contribution in [2.24, 2.45) is 0 Å². The summed E-state index contributed by atoms with van der Waals surface area (Å²) in [5.74, 6) is 0.299. The van der Waals surface area contributed by atoms with E-state index in [-0.39, 0.29) is 43.6 Å². The fraction of sp³-hybridized carbons (Fsp3) is 0.350. The number of benzene rings is 2. The zero-order valence-corrected chi connectivity index (χ0v) is 17.1. The van der Waals surface area contributed by atoms with Crippen molar-refractivity contribution in [3.63, 3.8) is 0 Å². The number of halogens is 1. The number of piperazine rings is 1. The molecule has 1 saturated heterocycles. The van der Waals surface area contributed by atoms with Gasteiger partial charge >= 0.3 is 0 Å². The summed E-state index contributed by atoms with van der Waals surface area (Å²) in [6.07, 6.45) is 0. The summed E-state index contributed by atoms with van der Waals surface area (Å²) in [7, 11) is -2.18. The molecular weight excluding hydrogens is 399 g/mol. The first-order chi connectivity index (χ1) is 13.8. The largest absolute Gasteiger partial charge is 0.493 e. The van der Waals surface area contributed by atoms with E-state index >= 15 is 0 Å². The van der Waals surface area contributed by atoms with Crippen LogP contribution in [0.4, 0.5) is 4.39 Å². The Morgan fingerprint density at radius 2 is 1.69 bits per heavy atom. The molecule has 9 heteroatoms. The van der Waals surface area contributed by atoms with Crippen LogP contribution in [0.2, 0.25) is 0 Å². The number of sulfonamides is 1. The van der Waals surface area contributed by atoms with Crippen molar-refractivity contribution in [1.82, 2.24) is 9.21 Å². The summed E-state index contributed by atoms with van der Waals surface area (Å²) >= 11 is 0. The van der Waals surface area contributed by atoms with E-state index < -0.39 is 15.8 Å². The third kappa shape index (κ3) is 4.86. The Morgan fingerprint density at radius 1 is 1.03 bits per heavy atom. The zero-order chi connectivity index (χ0) is 21.0. The lowest BCUT2D eigenvalue weighted by Gasteiger charge is -2.34. The van der Waals surface area contributed by atoms with Crippen LogP contribution in [0.3, 0.4) is 0 Å². The second-order valence-corrected chi connectivity index (χ2v) is 8.62. The highest BCUT2D eigenvalue weighted by Gasteiger charge is 2.30. The zero-order valence-electron chi connectivity index (χ0n) is 16.3. The summed E-state index contributed by atoms with van der Waals surface area (Å²) in [5.41, 5.74) is 1.01. The lowest BCUT2D eigenvalue weighted by molar-refractivity contribution is -0.134. The maximum atomic E-state index is 13.0. The molecule has 0 aromatic heterocycles. The van der Waals surface area contributed by atoms with Crippen molar-refractivity contribution in [3.05, 3.63) is 53.8 Å². The predicted molar refractivity (Wildman–Crippen MR) is 105 cm³/mol. The molecule has 1 fully saturated rings. The Bertz CT molecular complexity index is 971. The molecule has 0 atom stereocenters. The number of nitrogens with zero attached hydrogens (tertiary/aromatic N) is 2. The molecule has 0 bridgehead atoms.